The summed E-state index contributed by atoms with van der Waals surface area (Å²) in [6, 6.07) is 0. The molecule has 0 nitrogen and oxygen atoms in total. The fourth-order valence-corrected chi connectivity index (χ4v) is 0.475. The van der Waals surface area contributed by atoms with Crippen LogP contribution in [0.1, 0.15) is 6.42 Å². The van der Waals surface area contributed by atoms with Crippen LogP contribution < -0.4 is 0 Å². The minimum atomic E-state index is -5.64. The van der Waals surface area contributed by atoms with Gasteiger partial charge in [-0.2, -0.15) is 35.1 Å². The summed E-state index contributed by atoms with van der Waals surface area (Å²) in [5.74, 6) is 0. The first-order valence-corrected chi connectivity index (χ1v) is 2.72. The molecule has 0 unspecified atom stereocenters. The van der Waals surface area contributed by atoms with Crippen molar-refractivity contribution in [1.29, 1.82) is 0 Å². The van der Waals surface area contributed by atoms with E-state index in [1.54, 1.807) is 0 Å². The number of rotatable bonds is 1. The second-order valence-corrected chi connectivity index (χ2v) is 2.03. The van der Waals surface area contributed by atoms with Gasteiger partial charge >= 0.3 is 12.4 Å². The molecule has 0 rings (SSSR count). The van der Waals surface area contributed by atoms with Gasteiger partial charge in [0.2, 0.25) is 0 Å². The molecule has 13 heavy (non-hydrogen) atoms. The monoisotopic (exact) mass is 214 g/mol. The molecule has 0 aromatic heterocycles. The van der Waals surface area contributed by atoms with Crippen LogP contribution in [0, 0.1) is 0 Å². The van der Waals surface area contributed by atoms with Gasteiger partial charge in [0, 0.05) is 0 Å². The van der Waals surface area contributed by atoms with E-state index < -0.39 is 30.4 Å². The molecule has 0 aromatic carbocycles. The second-order valence-electron chi connectivity index (χ2n) is 2.03. The van der Waals surface area contributed by atoms with Gasteiger partial charge in [0.1, 0.15) is 5.57 Å². The zero-order valence-corrected chi connectivity index (χ0v) is 5.73. The van der Waals surface area contributed by atoms with Crippen LogP contribution in [-0.2, 0) is 0 Å². The smallest absolute Gasteiger partial charge is 0.173 e. The zero-order valence-electron chi connectivity index (χ0n) is 5.73. The highest BCUT2D eigenvalue weighted by Gasteiger charge is 2.44. The Kier molecular flexibility index (Phi) is 3.28. The van der Waals surface area contributed by atoms with Crippen molar-refractivity contribution >= 4 is 0 Å². The van der Waals surface area contributed by atoms with Gasteiger partial charge in [0.15, 0.2) is 0 Å². The Hall–Kier alpha value is -0.820. The molecule has 0 aromatic rings. The zero-order chi connectivity index (χ0) is 10.9. The standard InChI is InChI=1S/C5H2F8/c6-3(7)2(5(11,12)13)1-4(8,9)10/h1H2. The largest absolute Gasteiger partial charge is 0.418 e. The SMILES string of the molecule is FC(F)=C(CC(F)(F)F)C(F)(F)F. The van der Waals surface area contributed by atoms with Crippen LogP contribution in [0.15, 0.2) is 11.7 Å². The molecule has 0 N–H and O–H groups in total. The molecule has 0 aliphatic carbocycles. The van der Waals surface area contributed by atoms with Gasteiger partial charge in [0.05, 0.1) is 6.42 Å². The van der Waals surface area contributed by atoms with Crippen LogP contribution in [-0.4, -0.2) is 12.4 Å². The highest BCUT2D eigenvalue weighted by Crippen LogP contribution is 2.37. The van der Waals surface area contributed by atoms with Gasteiger partial charge in [-0.15, -0.1) is 0 Å². The number of alkyl halides is 6. The summed E-state index contributed by atoms with van der Waals surface area (Å²) in [5, 5.41) is 0. The predicted octanol–water partition coefficient (Wildman–Crippen LogP) is 3.65. The summed E-state index contributed by atoms with van der Waals surface area (Å²) in [4.78, 5) is 0. The quantitative estimate of drug-likeness (QED) is 0.584. The Morgan fingerprint density at radius 1 is 0.846 bits per heavy atom. The summed E-state index contributed by atoms with van der Waals surface area (Å²) in [6.45, 7) is 0. The molecular formula is C5H2F8. The van der Waals surface area contributed by atoms with E-state index in [9.17, 15) is 35.1 Å². The van der Waals surface area contributed by atoms with E-state index in [1.165, 1.54) is 0 Å². The molecule has 0 saturated heterocycles. The molecule has 0 atom stereocenters. The van der Waals surface area contributed by atoms with Crippen LogP contribution in [0.5, 0.6) is 0 Å². The Morgan fingerprint density at radius 3 is 1.31 bits per heavy atom. The second kappa shape index (κ2) is 3.51. The fourth-order valence-electron chi connectivity index (χ4n) is 0.475. The van der Waals surface area contributed by atoms with Gasteiger partial charge in [0.25, 0.3) is 6.08 Å². The first-order chi connectivity index (χ1) is 5.54. The van der Waals surface area contributed by atoms with E-state index in [1.807, 2.05) is 0 Å². The molecule has 0 aliphatic heterocycles. The lowest BCUT2D eigenvalue weighted by Crippen LogP contribution is -2.20. The normalized spacial score (nSPS) is 12.9. The third-order valence-electron chi connectivity index (χ3n) is 0.948. The van der Waals surface area contributed by atoms with Gasteiger partial charge in [-0.25, -0.2) is 0 Å². The highest BCUT2D eigenvalue weighted by atomic mass is 19.4. The first-order valence-electron chi connectivity index (χ1n) is 2.72. The third-order valence-corrected chi connectivity index (χ3v) is 0.948. The van der Waals surface area contributed by atoms with Crippen LogP contribution in [0.2, 0.25) is 0 Å². The van der Waals surface area contributed by atoms with E-state index in [2.05, 4.69) is 0 Å². The summed E-state index contributed by atoms with van der Waals surface area (Å²) in [5.41, 5.74) is -2.85. The lowest BCUT2D eigenvalue weighted by Gasteiger charge is -2.12. The Balaban J connectivity index is 4.80. The molecule has 0 heterocycles. The molecule has 0 saturated carbocycles. The third kappa shape index (κ3) is 4.69. The summed E-state index contributed by atoms with van der Waals surface area (Å²) >= 11 is 0. The van der Waals surface area contributed by atoms with Crippen LogP contribution in [0.3, 0.4) is 0 Å². The lowest BCUT2D eigenvalue weighted by molar-refractivity contribution is -0.153. The van der Waals surface area contributed by atoms with Crippen molar-refractivity contribution < 1.29 is 35.1 Å². The number of hydrogen-bond donors (Lipinski definition) is 0. The van der Waals surface area contributed by atoms with E-state index in [4.69, 9.17) is 0 Å². The Morgan fingerprint density at radius 2 is 1.23 bits per heavy atom. The maximum absolute atomic E-state index is 11.5. The van der Waals surface area contributed by atoms with E-state index >= 15 is 0 Å². The van der Waals surface area contributed by atoms with Crippen LogP contribution in [0.4, 0.5) is 35.1 Å². The van der Waals surface area contributed by atoms with E-state index in [0.717, 1.165) is 0 Å². The predicted molar refractivity (Wildman–Crippen MR) is 26.0 cm³/mol. The maximum Gasteiger partial charge on any atom is 0.418 e. The van der Waals surface area contributed by atoms with Crippen LogP contribution >= 0.6 is 0 Å². The van der Waals surface area contributed by atoms with Crippen molar-refractivity contribution in [2.24, 2.45) is 0 Å². The topological polar surface area (TPSA) is 0 Å². The molecule has 0 spiro atoms. The van der Waals surface area contributed by atoms with Crippen LogP contribution in [0.25, 0.3) is 0 Å². The number of halogens is 8. The maximum atomic E-state index is 11.5. The van der Waals surface area contributed by atoms with Crippen molar-refractivity contribution in [3.63, 3.8) is 0 Å². The summed E-state index contributed by atoms with van der Waals surface area (Å²) in [7, 11) is 0. The molecule has 0 bridgehead atoms. The molecular weight excluding hydrogens is 212 g/mol. The van der Waals surface area contributed by atoms with Crippen molar-refractivity contribution in [2.45, 2.75) is 18.8 Å². The van der Waals surface area contributed by atoms with Crippen molar-refractivity contribution in [3.05, 3.63) is 11.7 Å². The lowest BCUT2D eigenvalue weighted by atomic mass is 10.2. The average molecular weight is 214 g/mol. The van der Waals surface area contributed by atoms with Gasteiger partial charge in [-0.3, -0.25) is 0 Å². The minimum Gasteiger partial charge on any atom is -0.173 e. The molecule has 0 amide bonds. The van der Waals surface area contributed by atoms with Gasteiger partial charge in [-0.1, -0.05) is 0 Å². The molecule has 78 valence electrons. The Bertz CT molecular complexity index is 202. The summed E-state index contributed by atoms with van der Waals surface area (Å²) < 4.78 is 91.1. The number of allylic oxidation sites excluding steroid dienone is 1. The minimum absolute atomic E-state index is 2.67. The fraction of sp³-hybridized carbons (Fsp3) is 0.600. The Labute approximate surface area is 66.8 Å². The summed E-state index contributed by atoms with van der Waals surface area (Å²) in [6.07, 6.45) is -17.0. The molecule has 0 fully saturated rings. The molecule has 8 heteroatoms. The number of hydrogen-bond acceptors (Lipinski definition) is 0. The van der Waals surface area contributed by atoms with Crippen molar-refractivity contribution in [2.75, 3.05) is 0 Å². The van der Waals surface area contributed by atoms with Crippen molar-refractivity contribution in [1.82, 2.24) is 0 Å². The molecule has 0 aliphatic rings. The highest BCUT2D eigenvalue weighted by molar-refractivity contribution is 5.10. The van der Waals surface area contributed by atoms with E-state index in [0.29, 0.717) is 0 Å². The van der Waals surface area contributed by atoms with Gasteiger partial charge in [-0.05, 0) is 0 Å². The first kappa shape index (κ1) is 12.2. The average Bonchev–Trinajstić information content (AvgIpc) is 1.77. The van der Waals surface area contributed by atoms with Crippen molar-refractivity contribution in [3.8, 4) is 0 Å². The van der Waals surface area contributed by atoms with Gasteiger partial charge < -0.3 is 0 Å². The van der Waals surface area contributed by atoms with E-state index in [-0.39, 0.29) is 0 Å². The molecule has 0 radical (unpaired) electrons.